The quantitative estimate of drug-likeness (QED) is 0.434. The average Bonchev–Trinajstić information content (AvgIpc) is 3.17. The van der Waals surface area contributed by atoms with E-state index in [-0.39, 0.29) is 10.5 Å². The van der Waals surface area contributed by atoms with Gasteiger partial charge in [0.15, 0.2) is 0 Å². The van der Waals surface area contributed by atoms with Gasteiger partial charge in [-0.2, -0.15) is 0 Å². The number of sulfonamides is 1. The van der Waals surface area contributed by atoms with E-state index in [0.29, 0.717) is 17.3 Å². The van der Waals surface area contributed by atoms with Gasteiger partial charge < -0.3 is 9.73 Å². The SMILES string of the molecule is Cc1nc(-c2cccc(NC(=O)c3cccc(S(=O)(=O)N(C)c4ccccc4)c3)c2)oc1C. The van der Waals surface area contributed by atoms with Gasteiger partial charge in [0, 0.05) is 23.9 Å². The Morgan fingerprint density at radius 2 is 1.67 bits per heavy atom. The second kappa shape index (κ2) is 8.91. The summed E-state index contributed by atoms with van der Waals surface area (Å²) in [6.07, 6.45) is 0. The van der Waals surface area contributed by atoms with Crippen molar-refractivity contribution in [3.05, 3.63) is 95.9 Å². The van der Waals surface area contributed by atoms with Gasteiger partial charge in [-0.3, -0.25) is 9.10 Å². The van der Waals surface area contributed by atoms with E-state index in [2.05, 4.69) is 10.3 Å². The minimum absolute atomic E-state index is 0.0287. The van der Waals surface area contributed by atoms with Crippen LogP contribution in [0.4, 0.5) is 11.4 Å². The molecule has 3 aromatic carbocycles. The number of carbonyl (C=O) groups is 1. The molecule has 0 bridgehead atoms. The molecule has 0 unspecified atom stereocenters. The Balaban J connectivity index is 1.57. The molecule has 8 heteroatoms. The molecule has 0 radical (unpaired) electrons. The van der Waals surface area contributed by atoms with Crippen LogP contribution >= 0.6 is 0 Å². The summed E-state index contributed by atoms with van der Waals surface area (Å²) >= 11 is 0. The number of para-hydroxylation sites is 1. The highest BCUT2D eigenvalue weighted by Crippen LogP contribution is 2.25. The third kappa shape index (κ3) is 4.65. The number of hydrogen-bond donors (Lipinski definition) is 1. The summed E-state index contributed by atoms with van der Waals surface area (Å²) in [7, 11) is -2.35. The Kier molecular flexibility index (Phi) is 6.02. The van der Waals surface area contributed by atoms with Gasteiger partial charge >= 0.3 is 0 Å². The molecule has 168 valence electrons. The topological polar surface area (TPSA) is 92.5 Å². The molecular formula is C25H23N3O4S. The van der Waals surface area contributed by atoms with E-state index >= 15 is 0 Å². The van der Waals surface area contributed by atoms with Crippen LogP contribution in [0.5, 0.6) is 0 Å². The average molecular weight is 462 g/mol. The lowest BCUT2D eigenvalue weighted by Gasteiger charge is -2.19. The van der Waals surface area contributed by atoms with Crippen molar-refractivity contribution < 1.29 is 17.6 Å². The number of aryl methyl sites for hydroxylation is 2. The monoisotopic (exact) mass is 461 g/mol. The van der Waals surface area contributed by atoms with Crippen LogP contribution in [-0.2, 0) is 10.0 Å². The number of oxazole rings is 1. The van der Waals surface area contributed by atoms with Crippen LogP contribution in [0.1, 0.15) is 21.8 Å². The lowest BCUT2D eigenvalue weighted by Crippen LogP contribution is -2.26. The molecule has 7 nitrogen and oxygen atoms in total. The minimum atomic E-state index is -3.83. The second-order valence-corrected chi connectivity index (χ2v) is 9.50. The van der Waals surface area contributed by atoms with Gasteiger partial charge in [-0.15, -0.1) is 0 Å². The smallest absolute Gasteiger partial charge is 0.264 e. The second-order valence-electron chi connectivity index (χ2n) is 7.53. The van der Waals surface area contributed by atoms with Crippen LogP contribution in [0.15, 0.2) is 88.2 Å². The van der Waals surface area contributed by atoms with Crippen molar-refractivity contribution in [3.8, 4) is 11.5 Å². The van der Waals surface area contributed by atoms with E-state index in [9.17, 15) is 13.2 Å². The summed E-state index contributed by atoms with van der Waals surface area (Å²) in [5, 5.41) is 2.81. The van der Waals surface area contributed by atoms with Gasteiger partial charge in [0.05, 0.1) is 16.3 Å². The highest BCUT2D eigenvalue weighted by atomic mass is 32.2. The molecule has 1 heterocycles. The fourth-order valence-electron chi connectivity index (χ4n) is 3.26. The number of hydrogen-bond acceptors (Lipinski definition) is 5. The molecule has 1 aromatic heterocycles. The summed E-state index contributed by atoms with van der Waals surface area (Å²) < 4.78 is 33.0. The lowest BCUT2D eigenvalue weighted by molar-refractivity contribution is 0.102. The van der Waals surface area contributed by atoms with Crippen LogP contribution in [0.2, 0.25) is 0 Å². The predicted molar refractivity (Wildman–Crippen MR) is 128 cm³/mol. The zero-order chi connectivity index (χ0) is 23.6. The first-order valence-electron chi connectivity index (χ1n) is 10.3. The summed E-state index contributed by atoms with van der Waals surface area (Å²) in [6, 6.07) is 21.8. The largest absolute Gasteiger partial charge is 0.441 e. The van der Waals surface area contributed by atoms with Crippen LogP contribution in [0.3, 0.4) is 0 Å². The zero-order valence-electron chi connectivity index (χ0n) is 18.4. The first-order valence-corrected chi connectivity index (χ1v) is 11.7. The van der Waals surface area contributed by atoms with Crippen LogP contribution in [0, 0.1) is 13.8 Å². The first-order chi connectivity index (χ1) is 15.8. The van der Waals surface area contributed by atoms with Crippen molar-refractivity contribution in [2.75, 3.05) is 16.7 Å². The Hall–Kier alpha value is -3.91. The third-order valence-corrected chi connectivity index (χ3v) is 7.05. The lowest BCUT2D eigenvalue weighted by atomic mass is 10.1. The molecule has 33 heavy (non-hydrogen) atoms. The van der Waals surface area contributed by atoms with Gasteiger partial charge in [-0.05, 0) is 62.4 Å². The van der Waals surface area contributed by atoms with Gasteiger partial charge in [0.2, 0.25) is 5.89 Å². The summed E-state index contributed by atoms with van der Waals surface area (Å²) in [5.41, 5.74) is 2.83. The normalized spacial score (nSPS) is 11.2. The molecule has 0 spiro atoms. The molecule has 0 saturated carbocycles. The standard InChI is InChI=1S/C25H23N3O4S/c1-17-18(2)32-25(26-17)20-10-7-11-21(15-20)27-24(29)19-9-8-14-23(16-19)33(30,31)28(3)22-12-5-4-6-13-22/h4-16H,1-3H3,(H,27,29). The Bertz CT molecular complexity index is 1390. The maximum Gasteiger partial charge on any atom is 0.264 e. The Labute approximate surface area is 192 Å². The molecule has 0 saturated heterocycles. The number of nitrogens with zero attached hydrogens (tertiary/aromatic N) is 2. The fraction of sp³-hybridized carbons (Fsp3) is 0.120. The minimum Gasteiger partial charge on any atom is -0.441 e. The van der Waals surface area contributed by atoms with Crippen molar-refractivity contribution >= 4 is 27.3 Å². The number of amides is 1. The summed E-state index contributed by atoms with van der Waals surface area (Å²) in [4.78, 5) is 17.3. The maximum atomic E-state index is 13.1. The predicted octanol–water partition coefficient (Wildman–Crippen LogP) is 5.04. The van der Waals surface area contributed by atoms with Crippen molar-refractivity contribution in [2.24, 2.45) is 0 Å². The Morgan fingerprint density at radius 3 is 2.36 bits per heavy atom. The maximum absolute atomic E-state index is 13.1. The van der Waals surface area contributed by atoms with Crippen molar-refractivity contribution in [1.82, 2.24) is 4.98 Å². The Morgan fingerprint density at radius 1 is 0.939 bits per heavy atom. The molecule has 0 aliphatic carbocycles. The number of aromatic nitrogens is 1. The van der Waals surface area contributed by atoms with Crippen LogP contribution < -0.4 is 9.62 Å². The van der Waals surface area contributed by atoms with Gasteiger partial charge in [-0.25, -0.2) is 13.4 Å². The molecule has 4 rings (SSSR count). The molecular weight excluding hydrogens is 438 g/mol. The third-order valence-electron chi connectivity index (χ3n) is 5.27. The van der Waals surface area contributed by atoms with Gasteiger partial charge in [0.1, 0.15) is 5.76 Å². The number of nitrogens with one attached hydrogen (secondary N) is 1. The summed E-state index contributed by atoms with van der Waals surface area (Å²) in [6.45, 7) is 3.71. The van der Waals surface area contributed by atoms with E-state index in [0.717, 1.165) is 17.0 Å². The van der Waals surface area contributed by atoms with E-state index < -0.39 is 15.9 Å². The van der Waals surface area contributed by atoms with Crippen molar-refractivity contribution in [1.29, 1.82) is 0 Å². The van der Waals surface area contributed by atoms with Crippen LogP contribution in [-0.4, -0.2) is 26.4 Å². The molecule has 0 atom stereocenters. The van der Waals surface area contributed by atoms with E-state index in [1.54, 1.807) is 54.6 Å². The molecule has 1 N–H and O–H groups in total. The highest BCUT2D eigenvalue weighted by molar-refractivity contribution is 7.92. The zero-order valence-corrected chi connectivity index (χ0v) is 19.3. The van der Waals surface area contributed by atoms with Crippen molar-refractivity contribution in [3.63, 3.8) is 0 Å². The number of rotatable bonds is 6. The highest BCUT2D eigenvalue weighted by Gasteiger charge is 2.22. The van der Waals surface area contributed by atoms with E-state index in [1.165, 1.54) is 23.5 Å². The number of carbonyl (C=O) groups excluding carboxylic acids is 1. The van der Waals surface area contributed by atoms with E-state index in [4.69, 9.17) is 4.42 Å². The van der Waals surface area contributed by atoms with Gasteiger partial charge in [-0.1, -0.05) is 30.3 Å². The first kappa shape index (κ1) is 22.3. The number of anilines is 2. The van der Waals surface area contributed by atoms with E-state index in [1.807, 2.05) is 26.0 Å². The molecule has 0 fully saturated rings. The molecule has 1 amide bonds. The molecule has 0 aliphatic rings. The molecule has 4 aromatic rings. The summed E-state index contributed by atoms with van der Waals surface area (Å²) in [5.74, 6) is 0.780. The van der Waals surface area contributed by atoms with Gasteiger partial charge in [0.25, 0.3) is 15.9 Å². The van der Waals surface area contributed by atoms with Crippen LogP contribution in [0.25, 0.3) is 11.5 Å². The van der Waals surface area contributed by atoms with Crippen molar-refractivity contribution in [2.45, 2.75) is 18.7 Å². The molecule has 0 aliphatic heterocycles. The fourth-order valence-corrected chi connectivity index (χ4v) is 4.50. The number of benzene rings is 3.